The fraction of sp³-hybridized carbons (Fsp3) is 0.100. The smallest absolute Gasteiger partial charge is 0.340 e. The first kappa shape index (κ1) is 21.4. The lowest BCUT2D eigenvalue weighted by Gasteiger charge is -2.07. The van der Waals surface area contributed by atoms with Gasteiger partial charge in [-0.3, -0.25) is 14.9 Å². The monoisotopic (exact) mass is 448 g/mol. The van der Waals surface area contributed by atoms with Crippen LogP contribution in [0.2, 0.25) is 10.0 Å². The molecule has 0 aliphatic rings. The highest BCUT2D eigenvalue weighted by atomic mass is 35.5. The zero-order chi connectivity index (χ0) is 21.7. The van der Waals surface area contributed by atoms with Crippen molar-refractivity contribution >= 4 is 40.8 Å². The minimum Gasteiger partial charge on any atom is -0.459 e. The predicted octanol–water partition coefficient (Wildman–Crippen LogP) is 4.63. The van der Waals surface area contributed by atoms with Crippen LogP contribution >= 0.6 is 23.2 Å². The highest BCUT2D eigenvalue weighted by Gasteiger charge is 2.18. The molecule has 30 heavy (non-hydrogen) atoms. The van der Waals surface area contributed by atoms with Gasteiger partial charge in [-0.1, -0.05) is 23.2 Å². The second-order valence-corrected chi connectivity index (χ2v) is 6.89. The number of ether oxygens (including phenoxy) is 1. The molecule has 0 saturated heterocycles. The first-order chi connectivity index (χ1) is 14.3. The van der Waals surface area contributed by atoms with Crippen molar-refractivity contribution in [2.45, 2.75) is 6.54 Å². The van der Waals surface area contributed by atoms with Gasteiger partial charge in [0.1, 0.15) is 11.5 Å². The second-order valence-electron chi connectivity index (χ2n) is 6.05. The van der Waals surface area contributed by atoms with E-state index in [-0.39, 0.29) is 22.8 Å². The summed E-state index contributed by atoms with van der Waals surface area (Å²) in [6, 6.07) is 13.9. The summed E-state index contributed by atoms with van der Waals surface area (Å²) in [6.45, 7) is -0.496. The van der Waals surface area contributed by atoms with Gasteiger partial charge >= 0.3 is 5.97 Å². The summed E-state index contributed by atoms with van der Waals surface area (Å²) in [5.41, 5.74) is 0.321. The molecule has 0 bridgehead atoms. The molecule has 2 aromatic carbocycles. The number of carbonyl (C=O) groups is 2. The Morgan fingerprint density at radius 3 is 2.50 bits per heavy atom. The van der Waals surface area contributed by atoms with Gasteiger partial charge in [-0.25, -0.2) is 4.79 Å². The number of nitrogens with one attached hydrogen (secondary N) is 1. The first-order valence-electron chi connectivity index (χ1n) is 8.56. The van der Waals surface area contributed by atoms with Crippen LogP contribution in [0.4, 0.5) is 5.69 Å². The number of amides is 1. The number of furan rings is 1. The molecule has 1 amide bonds. The second kappa shape index (κ2) is 9.43. The average Bonchev–Trinajstić information content (AvgIpc) is 3.20. The van der Waals surface area contributed by atoms with Gasteiger partial charge in [0.15, 0.2) is 6.61 Å². The Morgan fingerprint density at radius 2 is 1.80 bits per heavy atom. The number of halogens is 2. The van der Waals surface area contributed by atoms with E-state index in [4.69, 9.17) is 32.4 Å². The number of non-ortho nitro benzene ring substituents is 1. The van der Waals surface area contributed by atoms with E-state index in [0.29, 0.717) is 16.5 Å². The Labute approximate surface area is 180 Å². The zero-order valence-corrected chi connectivity index (χ0v) is 16.8. The average molecular weight is 449 g/mol. The lowest BCUT2D eigenvalue weighted by molar-refractivity contribution is -0.384. The Hall–Kier alpha value is -3.36. The lowest BCUT2D eigenvalue weighted by atomic mass is 10.2. The van der Waals surface area contributed by atoms with Gasteiger partial charge in [0, 0.05) is 22.7 Å². The van der Waals surface area contributed by atoms with Crippen LogP contribution in [0.25, 0.3) is 11.3 Å². The topological polar surface area (TPSA) is 112 Å². The Morgan fingerprint density at radius 1 is 1.07 bits per heavy atom. The van der Waals surface area contributed by atoms with E-state index in [2.05, 4.69) is 5.32 Å². The maximum Gasteiger partial charge on any atom is 0.340 e. The molecule has 8 nitrogen and oxygen atoms in total. The third-order valence-electron chi connectivity index (χ3n) is 3.97. The van der Waals surface area contributed by atoms with Crippen molar-refractivity contribution in [1.82, 2.24) is 5.32 Å². The quantitative estimate of drug-likeness (QED) is 0.320. The molecule has 10 heteroatoms. The maximum absolute atomic E-state index is 12.1. The number of rotatable bonds is 7. The van der Waals surface area contributed by atoms with Crippen LogP contribution in [0, 0.1) is 10.1 Å². The third kappa shape index (κ3) is 5.37. The van der Waals surface area contributed by atoms with Crippen molar-refractivity contribution in [3.05, 3.63) is 86.1 Å². The molecule has 3 rings (SSSR count). The number of hydrogen-bond acceptors (Lipinski definition) is 6. The first-order valence-corrected chi connectivity index (χ1v) is 9.31. The molecule has 1 N–H and O–H groups in total. The van der Waals surface area contributed by atoms with E-state index in [1.54, 1.807) is 24.3 Å². The molecule has 0 aliphatic carbocycles. The Kier molecular flexibility index (Phi) is 6.71. The van der Waals surface area contributed by atoms with Crippen molar-refractivity contribution in [1.29, 1.82) is 0 Å². The normalized spacial score (nSPS) is 10.5. The molecule has 0 spiro atoms. The third-order valence-corrected chi connectivity index (χ3v) is 4.55. The molecule has 1 heterocycles. The van der Waals surface area contributed by atoms with E-state index in [0.717, 1.165) is 17.7 Å². The van der Waals surface area contributed by atoms with Gasteiger partial charge in [-0.2, -0.15) is 0 Å². The van der Waals surface area contributed by atoms with Crippen LogP contribution in [0.5, 0.6) is 0 Å². The number of hydrogen-bond donors (Lipinski definition) is 1. The number of carbonyl (C=O) groups excluding carboxylic acids is 2. The van der Waals surface area contributed by atoms with Gasteiger partial charge in [0.05, 0.1) is 22.1 Å². The summed E-state index contributed by atoms with van der Waals surface area (Å²) in [5.74, 6) is -0.403. The SMILES string of the molecule is O=C(COC(=O)c1cc([N+](=O)[O-])ccc1Cl)NCc1ccc(-c2ccc(Cl)cc2)o1. The maximum atomic E-state index is 12.1. The van der Waals surface area contributed by atoms with Crippen LogP contribution in [-0.2, 0) is 16.1 Å². The van der Waals surface area contributed by atoms with Gasteiger partial charge in [-0.15, -0.1) is 0 Å². The molecule has 154 valence electrons. The molecular weight excluding hydrogens is 435 g/mol. The number of nitro benzene ring substituents is 1. The fourth-order valence-corrected chi connectivity index (χ4v) is 2.79. The van der Waals surface area contributed by atoms with Crippen LogP contribution in [0.15, 0.2) is 59.0 Å². The summed E-state index contributed by atoms with van der Waals surface area (Å²) in [7, 11) is 0. The number of nitrogens with zero attached hydrogens (tertiary/aromatic N) is 1. The summed E-state index contributed by atoms with van der Waals surface area (Å²) in [4.78, 5) is 34.2. The lowest BCUT2D eigenvalue weighted by Crippen LogP contribution is -2.28. The van der Waals surface area contributed by atoms with Gasteiger partial charge in [-0.05, 0) is 42.5 Å². The Balaban J connectivity index is 1.52. The highest BCUT2D eigenvalue weighted by molar-refractivity contribution is 6.33. The molecule has 0 saturated carbocycles. The molecular formula is C20H14Cl2N2O6. The molecule has 1 aromatic heterocycles. The zero-order valence-electron chi connectivity index (χ0n) is 15.3. The van der Waals surface area contributed by atoms with Crippen molar-refractivity contribution in [3.8, 4) is 11.3 Å². The summed E-state index contributed by atoms with van der Waals surface area (Å²) >= 11 is 11.7. The van der Waals surface area contributed by atoms with E-state index in [1.165, 1.54) is 6.07 Å². The van der Waals surface area contributed by atoms with E-state index < -0.39 is 23.4 Å². The minimum atomic E-state index is -0.943. The summed E-state index contributed by atoms with van der Waals surface area (Å²) < 4.78 is 10.5. The van der Waals surface area contributed by atoms with Crippen molar-refractivity contribution in [2.24, 2.45) is 0 Å². The van der Waals surface area contributed by atoms with Crippen LogP contribution in [0.3, 0.4) is 0 Å². The summed E-state index contributed by atoms with van der Waals surface area (Å²) in [6.07, 6.45) is 0. The number of benzene rings is 2. The van der Waals surface area contributed by atoms with Gasteiger partial charge < -0.3 is 14.5 Å². The molecule has 3 aromatic rings. The number of esters is 1. The predicted molar refractivity (Wildman–Crippen MR) is 109 cm³/mol. The molecule has 0 aliphatic heterocycles. The number of nitro groups is 1. The van der Waals surface area contributed by atoms with Crippen molar-refractivity contribution in [3.63, 3.8) is 0 Å². The minimum absolute atomic E-state index is 0.0173. The van der Waals surface area contributed by atoms with Crippen molar-refractivity contribution < 1.29 is 23.7 Å². The molecule has 0 unspecified atom stereocenters. The van der Waals surface area contributed by atoms with Crippen LogP contribution in [0.1, 0.15) is 16.1 Å². The largest absolute Gasteiger partial charge is 0.459 e. The molecule has 0 radical (unpaired) electrons. The van der Waals surface area contributed by atoms with Gasteiger partial charge in [0.2, 0.25) is 0 Å². The van der Waals surface area contributed by atoms with Crippen LogP contribution < -0.4 is 5.32 Å². The Bertz CT molecular complexity index is 1090. The van der Waals surface area contributed by atoms with E-state index >= 15 is 0 Å². The molecule has 0 atom stereocenters. The van der Waals surface area contributed by atoms with Crippen LogP contribution in [-0.4, -0.2) is 23.4 Å². The van der Waals surface area contributed by atoms with Gasteiger partial charge in [0.25, 0.3) is 11.6 Å². The molecule has 0 fully saturated rings. The van der Waals surface area contributed by atoms with E-state index in [1.807, 2.05) is 12.1 Å². The fourth-order valence-electron chi connectivity index (χ4n) is 2.47. The highest BCUT2D eigenvalue weighted by Crippen LogP contribution is 2.24. The standard InChI is InChI=1S/C20H14Cl2N2O6/c21-13-3-1-12(2-4-13)18-8-6-15(30-18)10-23-19(25)11-29-20(26)16-9-14(24(27)28)5-7-17(16)22/h1-9H,10-11H2,(H,23,25). The summed E-state index contributed by atoms with van der Waals surface area (Å²) in [5, 5.41) is 14.0. The van der Waals surface area contributed by atoms with E-state index in [9.17, 15) is 19.7 Å². The van der Waals surface area contributed by atoms with Crippen molar-refractivity contribution in [2.75, 3.05) is 6.61 Å².